The minimum Gasteiger partial charge on any atom is -0.360 e. The van der Waals surface area contributed by atoms with Crippen molar-refractivity contribution < 1.29 is 0 Å². The average molecular weight is 207 g/mol. The number of aryl methyl sites for hydroxylation is 1. The van der Waals surface area contributed by atoms with Crippen molar-refractivity contribution in [2.75, 3.05) is 18.5 Å². The number of nitrogens with two attached hydrogens (primary N) is 1. The van der Waals surface area contributed by atoms with Crippen molar-refractivity contribution in [3.05, 3.63) is 23.4 Å². The van der Waals surface area contributed by atoms with E-state index < -0.39 is 0 Å². The zero-order chi connectivity index (χ0) is 11.4. The SMILES string of the molecule is CC[C@H](N)c1ccc(N(C)CC)nc1C. The van der Waals surface area contributed by atoms with Gasteiger partial charge in [-0.05, 0) is 31.9 Å². The van der Waals surface area contributed by atoms with Crippen LogP contribution in [0.3, 0.4) is 0 Å². The van der Waals surface area contributed by atoms with Gasteiger partial charge in [0.15, 0.2) is 0 Å². The molecule has 1 heterocycles. The van der Waals surface area contributed by atoms with Gasteiger partial charge in [0.1, 0.15) is 5.82 Å². The minimum atomic E-state index is 0.110. The smallest absolute Gasteiger partial charge is 0.128 e. The van der Waals surface area contributed by atoms with Crippen molar-refractivity contribution in [1.29, 1.82) is 0 Å². The second-order valence-corrected chi connectivity index (χ2v) is 3.87. The van der Waals surface area contributed by atoms with E-state index in [0.717, 1.165) is 30.0 Å². The Morgan fingerprint density at radius 1 is 1.40 bits per heavy atom. The average Bonchev–Trinajstić information content (AvgIpc) is 2.26. The monoisotopic (exact) mass is 207 g/mol. The van der Waals surface area contributed by atoms with Crippen LogP contribution in [-0.2, 0) is 0 Å². The van der Waals surface area contributed by atoms with Crippen LogP contribution in [-0.4, -0.2) is 18.6 Å². The molecule has 0 spiro atoms. The first-order chi connectivity index (χ1) is 7.10. The lowest BCUT2D eigenvalue weighted by molar-refractivity contribution is 0.688. The first-order valence-electron chi connectivity index (χ1n) is 5.54. The second-order valence-electron chi connectivity index (χ2n) is 3.87. The van der Waals surface area contributed by atoms with Crippen LogP contribution < -0.4 is 10.6 Å². The topological polar surface area (TPSA) is 42.1 Å². The quantitative estimate of drug-likeness (QED) is 0.823. The molecule has 2 N–H and O–H groups in total. The zero-order valence-electron chi connectivity index (χ0n) is 10.1. The maximum atomic E-state index is 6.00. The van der Waals surface area contributed by atoms with E-state index in [0.29, 0.717) is 0 Å². The summed E-state index contributed by atoms with van der Waals surface area (Å²) in [6.07, 6.45) is 0.950. The molecule has 0 aliphatic carbocycles. The molecule has 84 valence electrons. The molecule has 0 aliphatic rings. The molecule has 0 saturated carbocycles. The summed E-state index contributed by atoms with van der Waals surface area (Å²) >= 11 is 0. The van der Waals surface area contributed by atoms with Crippen molar-refractivity contribution in [3.8, 4) is 0 Å². The molecule has 0 fully saturated rings. The maximum Gasteiger partial charge on any atom is 0.128 e. The Morgan fingerprint density at radius 2 is 2.07 bits per heavy atom. The summed E-state index contributed by atoms with van der Waals surface area (Å²) in [5, 5.41) is 0. The number of aromatic nitrogens is 1. The number of hydrogen-bond acceptors (Lipinski definition) is 3. The molecule has 0 amide bonds. The van der Waals surface area contributed by atoms with Gasteiger partial charge in [0, 0.05) is 25.3 Å². The molecule has 1 rings (SSSR count). The molecule has 3 nitrogen and oxygen atoms in total. The lowest BCUT2D eigenvalue weighted by Crippen LogP contribution is -2.19. The Bertz CT molecular complexity index is 323. The van der Waals surface area contributed by atoms with E-state index in [2.05, 4.69) is 29.8 Å². The maximum absolute atomic E-state index is 6.00. The van der Waals surface area contributed by atoms with Crippen LogP contribution in [0, 0.1) is 6.92 Å². The summed E-state index contributed by atoms with van der Waals surface area (Å²) < 4.78 is 0. The van der Waals surface area contributed by atoms with Crippen LogP contribution in [0.1, 0.15) is 37.6 Å². The molecule has 0 saturated heterocycles. The summed E-state index contributed by atoms with van der Waals surface area (Å²) in [6.45, 7) is 7.20. The summed E-state index contributed by atoms with van der Waals surface area (Å²) in [6, 6.07) is 4.25. The van der Waals surface area contributed by atoms with Gasteiger partial charge in [-0.15, -0.1) is 0 Å². The number of rotatable bonds is 4. The standard InChI is InChI=1S/C12H21N3/c1-5-11(13)10-7-8-12(14-9(10)3)15(4)6-2/h7-8,11H,5-6,13H2,1-4H3/t11-/m0/s1. The van der Waals surface area contributed by atoms with E-state index in [9.17, 15) is 0 Å². The Hall–Kier alpha value is -1.09. The highest BCUT2D eigenvalue weighted by atomic mass is 15.2. The minimum absolute atomic E-state index is 0.110. The van der Waals surface area contributed by atoms with Gasteiger partial charge < -0.3 is 10.6 Å². The molecular weight excluding hydrogens is 186 g/mol. The van der Waals surface area contributed by atoms with Crippen molar-refractivity contribution >= 4 is 5.82 Å². The van der Waals surface area contributed by atoms with Gasteiger partial charge in [-0.3, -0.25) is 0 Å². The molecule has 0 aliphatic heterocycles. The third-order valence-electron chi connectivity index (χ3n) is 2.82. The molecule has 3 heteroatoms. The number of hydrogen-bond donors (Lipinski definition) is 1. The number of pyridine rings is 1. The molecule has 1 aromatic heterocycles. The largest absolute Gasteiger partial charge is 0.360 e. The molecule has 15 heavy (non-hydrogen) atoms. The van der Waals surface area contributed by atoms with Gasteiger partial charge in [0.25, 0.3) is 0 Å². The Labute approximate surface area is 92.3 Å². The van der Waals surface area contributed by atoms with Crippen LogP contribution in [0.2, 0.25) is 0 Å². The molecule has 0 bridgehead atoms. The summed E-state index contributed by atoms with van der Waals surface area (Å²) in [4.78, 5) is 6.68. The zero-order valence-corrected chi connectivity index (χ0v) is 10.1. The van der Waals surface area contributed by atoms with Crippen molar-refractivity contribution in [2.24, 2.45) is 5.73 Å². The van der Waals surface area contributed by atoms with E-state index in [1.165, 1.54) is 0 Å². The fraction of sp³-hybridized carbons (Fsp3) is 0.583. The van der Waals surface area contributed by atoms with Crippen LogP contribution in [0.5, 0.6) is 0 Å². The molecular formula is C12H21N3. The van der Waals surface area contributed by atoms with Crippen LogP contribution in [0.15, 0.2) is 12.1 Å². The highest BCUT2D eigenvalue weighted by Crippen LogP contribution is 2.20. The first kappa shape index (κ1) is 12.0. The van der Waals surface area contributed by atoms with Crippen LogP contribution in [0.4, 0.5) is 5.82 Å². The predicted molar refractivity (Wildman–Crippen MR) is 65.1 cm³/mol. The van der Waals surface area contributed by atoms with Gasteiger partial charge in [0.2, 0.25) is 0 Å². The van der Waals surface area contributed by atoms with E-state index in [1.54, 1.807) is 0 Å². The van der Waals surface area contributed by atoms with E-state index >= 15 is 0 Å². The van der Waals surface area contributed by atoms with Crippen LogP contribution >= 0.6 is 0 Å². The molecule has 1 atom stereocenters. The lowest BCUT2D eigenvalue weighted by atomic mass is 10.0. The fourth-order valence-electron chi connectivity index (χ4n) is 1.54. The van der Waals surface area contributed by atoms with E-state index in [1.807, 2.05) is 20.0 Å². The highest BCUT2D eigenvalue weighted by molar-refractivity contribution is 5.41. The van der Waals surface area contributed by atoms with Gasteiger partial charge in [-0.1, -0.05) is 13.0 Å². The second kappa shape index (κ2) is 5.12. The van der Waals surface area contributed by atoms with Crippen molar-refractivity contribution in [2.45, 2.75) is 33.2 Å². The summed E-state index contributed by atoms with van der Waals surface area (Å²) in [7, 11) is 2.04. The Kier molecular flexibility index (Phi) is 4.09. The predicted octanol–water partition coefficient (Wildman–Crippen LogP) is 2.26. The van der Waals surface area contributed by atoms with E-state index in [4.69, 9.17) is 5.73 Å². The van der Waals surface area contributed by atoms with Crippen molar-refractivity contribution in [1.82, 2.24) is 4.98 Å². The van der Waals surface area contributed by atoms with Gasteiger partial charge in [-0.25, -0.2) is 4.98 Å². The molecule has 0 radical (unpaired) electrons. The van der Waals surface area contributed by atoms with E-state index in [-0.39, 0.29) is 6.04 Å². The third kappa shape index (κ3) is 2.69. The summed E-state index contributed by atoms with van der Waals surface area (Å²) in [5.74, 6) is 1.02. The molecule has 0 unspecified atom stereocenters. The number of anilines is 1. The fourth-order valence-corrected chi connectivity index (χ4v) is 1.54. The van der Waals surface area contributed by atoms with Gasteiger partial charge in [-0.2, -0.15) is 0 Å². The first-order valence-corrected chi connectivity index (χ1v) is 5.54. The van der Waals surface area contributed by atoms with Crippen molar-refractivity contribution in [3.63, 3.8) is 0 Å². The molecule has 1 aromatic rings. The lowest BCUT2D eigenvalue weighted by Gasteiger charge is -2.18. The Balaban J connectivity index is 2.97. The molecule has 0 aromatic carbocycles. The number of nitrogens with zero attached hydrogens (tertiary/aromatic N) is 2. The van der Waals surface area contributed by atoms with Gasteiger partial charge in [0.05, 0.1) is 0 Å². The third-order valence-corrected chi connectivity index (χ3v) is 2.82. The van der Waals surface area contributed by atoms with Crippen LogP contribution in [0.25, 0.3) is 0 Å². The highest BCUT2D eigenvalue weighted by Gasteiger charge is 2.09. The normalized spacial score (nSPS) is 12.6. The van der Waals surface area contributed by atoms with Gasteiger partial charge >= 0.3 is 0 Å². The summed E-state index contributed by atoms with van der Waals surface area (Å²) in [5.41, 5.74) is 8.20. The Morgan fingerprint density at radius 3 is 2.53 bits per heavy atom.